The number of hydrogen-bond donors (Lipinski definition) is 0. The molecular weight excluding hydrogens is 747 g/mol. The molecule has 4 heteroatoms. The van der Waals surface area contributed by atoms with E-state index in [0.717, 1.165) is 71.9 Å². The van der Waals surface area contributed by atoms with E-state index in [2.05, 4.69) is 194 Å². The topological polar surface area (TPSA) is 38.7 Å². The van der Waals surface area contributed by atoms with Gasteiger partial charge in [-0.05, 0) is 87.3 Å². The first kappa shape index (κ1) is 33.6. The number of pyridine rings is 3. The minimum Gasteiger partial charge on any atom is -0.247 e. The van der Waals surface area contributed by atoms with Gasteiger partial charge in [-0.2, -0.15) is 0 Å². The summed E-state index contributed by atoms with van der Waals surface area (Å²) >= 11 is 1.88. The van der Waals surface area contributed by atoms with Crippen molar-refractivity contribution in [1.82, 2.24) is 15.0 Å². The molecule has 0 N–H and O–H groups in total. The van der Waals surface area contributed by atoms with Crippen molar-refractivity contribution in [2.24, 2.45) is 0 Å². The zero-order valence-corrected chi connectivity index (χ0v) is 33.1. The SMILES string of the molecule is c1ccc(-c2ccc3ccc4ccc(-c5ccc6nc(-c7ccccc7)c7cc8c(cc7c6c5)C5(c6ccccc6Sc6ccccc65)c5ccccc5-8)nc4c3n2)cc1. The molecule has 0 bridgehead atoms. The monoisotopic (exact) mass is 779 g/mol. The zero-order chi connectivity index (χ0) is 39.4. The number of fused-ring (bicyclic) bond motifs is 15. The van der Waals surface area contributed by atoms with Crippen molar-refractivity contribution in [3.63, 3.8) is 0 Å². The number of rotatable bonds is 3. The number of benzene rings is 8. The van der Waals surface area contributed by atoms with E-state index < -0.39 is 5.41 Å². The van der Waals surface area contributed by atoms with Crippen LogP contribution in [-0.2, 0) is 5.41 Å². The Balaban J connectivity index is 1.09. The lowest BCUT2D eigenvalue weighted by molar-refractivity contribution is 0.723. The average Bonchev–Trinajstić information content (AvgIpc) is 3.60. The Morgan fingerprint density at radius 1 is 0.350 bits per heavy atom. The Morgan fingerprint density at radius 2 is 0.917 bits per heavy atom. The van der Waals surface area contributed by atoms with Gasteiger partial charge in [0.2, 0.25) is 0 Å². The summed E-state index contributed by atoms with van der Waals surface area (Å²) in [6.07, 6.45) is 0. The molecule has 1 aliphatic heterocycles. The summed E-state index contributed by atoms with van der Waals surface area (Å²) in [4.78, 5) is 18.6. The average molecular weight is 780 g/mol. The summed E-state index contributed by atoms with van der Waals surface area (Å²) < 4.78 is 0. The van der Waals surface area contributed by atoms with Crippen molar-refractivity contribution in [3.05, 3.63) is 222 Å². The van der Waals surface area contributed by atoms with E-state index >= 15 is 0 Å². The molecule has 3 nitrogen and oxygen atoms in total. The van der Waals surface area contributed by atoms with Crippen LogP contribution in [0.3, 0.4) is 0 Å². The predicted molar refractivity (Wildman–Crippen MR) is 248 cm³/mol. The van der Waals surface area contributed by atoms with Gasteiger partial charge >= 0.3 is 0 Å². The summed E-state index contributed by atoms with van der Waals surface area (Å²) in [5, 5.41) is 5.56. The van der Waals surface area contributed by atoms with Gasteiger partial charge in [0.1, 0.15) is 0 Å². The maximum absolute atomic E-state index is 5.46. The van der Waals surface area contributed by atoms with Crippen molar-refractivity contribution in [1.29, 1.82) is 0 Å². The summed E-state index contributed by atoms with van der Waals surface area (Å²) in [5.41, 5.74) is 16.2. The lowest BCUT2D eigenvalue weighted by Crippen LogP contribution is -2.31. The molecule has 0 saturated heterocycles. The van der Waals surface area contributed by atoms with E-state index in [4.69, 9.17) is 15.0 Å². The maximum Gasteiger partial charge on any atom is 0.0972 e. The van der Waals surface area contributed by atoms with Crippen LogP contribution in [0.25, 0.3) is 88.4 Å². The Labute approximate surface area is 351 Å². The highest BCUT2D eigenvalue weighted by Gasteiger charge is 2.50. The molecule has 13 rings (SSSR count). The van der Waals surface area contributed by atoms with Crippen molar-refractivity contribution in [2.75, 3.05) is 0 Å². The smallest absolute Gasteiger partial charge is 0.0972 e. The first-order valence-corrected chi connectivity index (χ1v) is 21.2. The van der Waals surface area contributed by atoms with Crippen molar-refractivity contribution < 1.29 is 0 Å². The summed E-state index contributed by atoms with van der Waals surface area (Å²) in [7, 11) is 0. The highest BCUT2D eigenvalue weighted by atomic mass is 32.2. The number of nitrogens with zero attached hydrogens (tertiary/aromatic N) is 3. The Bertz CT molecular complexity index is 3530. The van der Waals surface area contributed by atoms with E-state index in [1.54, 1.807) is 0 Å². The van der Waals surface area contributed by atoms with Crippen LogP contribution >= 0.6 is 11.8 Å². The van der Waals surface area contributed by atoms with E-state index in [9.17, 15) is 0 Å². The predicted octanol–water partition coefficient (Wildman–Crippen LogP) is 14.3. The lowest BCUT2D eigenvalue weighted by atomic mass is 9.67. The molecule has 0 atom stereocenters. The molecule has 0 fully saturated rings. The van der Waals surface area contributed by atoms with Crippen LogP contribution in [0, 0.1) is 0 Å². The van der Waals surface area contributed by atoms with Gasteiger partial charge in [-0.25, -0.2) is 15.0 Å². The third-order valence-electron chi connectivity index (χ3n) is 12.7. The second kappa shape index (κ2) is 12.8. The van der Waals surface area contributed by atoms with Crippen molar-refractivity contribution in [2.45, 2.75) is 15.2 Å². The van der Waals surface area contributed by atoms with E-state index in [1.165, 1.54) is 48.6 Å². The molecule has 4 heterocycles. The third kappa shape index (κ3) is 4.77. The van der Waals surface area contributed by atoms with Gasteiger partial charge in [0, 0.05) is 48.0 Å². The minimum atomic E-state index is -0.481. The highest BCUT2D eigenvalue weighted by molar-refractivity contribution is 7.99. The van der Waals surface area contributed by atoms with Gasteiger partial charge in [0.25, 0.3) is 0 Å². The Hall–Kier alpha value is -7.40. The van der Waals surface area contributed by atoms with Crippen LogP contribution < -0.4 is 0 Å². The Kier molecular flexibility index (Phi) is 7.16. The van der Waals surface area contributed by atoms with Crippen LogP contribution in [-0.4, -0.2) is 15.0 Å². The molecule has 2 aliphatic rings. The van der Waals surface area contributed by atoms with E-state index in [1.807, 2.05) is 17.8 Å². The minimum absolute atomic E-state index is 0.481. The second-order valence-electron chi connectivity index (χ2n) is 15.9. The van der Waals surface area contributed by atoms with E-state index in [-0.39, 0.29) is 0 Å². The number of aromatic nitrogens is 3. The zero-order valence-electron chi connectivity index (χ0n) is 32.3. The van der Waals surface area contributed by atoms with Crippen LogP contribution in [0.4, 0.5) is 0 Å². The van der Waals surface area contributed by atoms with Crippen molar-refractivity contribution in [3.8, 4) is 44.9 Å². The van der Waals surface area contributed by atoms with Gasteiger partial charge in [0.15, 0.2) is 0 Å². The normalized spacial score (nSPS) is 13.4. The largest absolute Gasteiger partial charge is 0.247 e. The molecule has 3 aromatic heterocycles. The first-order valence-electron chi connectivity index (χ1n) is 20.4. The van der Waals surface area contributed by atoms with Gasteiger partial charge in [-0.15, -0.1) is 0 Å². The molecule has 0 radical (unpaired) electrons. The molecule has 60 heavy (non-hydrogen) atoms. The fraction of sp³-hybridized carbons (Fsp3) is 0.0179. The quantitative estimate of drug-likeness (QED) is 0.167. The van der Waals surface area contributed by atoms with Gasteiger partial charge in [-0.3, -0.25) is 0 Å². The van der Waals surface area contributed by atoms with Gasteiger partial charge < -0.3 is 0 Å². The summed E-state index contributed by atoms with van der Waals surface area (Å²) in [6, 6.07) is 72.5. The summed E-state index contributed by atoms with van der Waals surface area (Å²) in [5.74, 6) is 0. The third-order valence-corrected chi connectivity index (χ3v) is 13.8. The first-order chi connectivity index (χ1) is 29.7. The van der Waals surface area contributed by atoms with Crippen molar-refractivity contribution >= 4 is 55.2 Å². The highest BCUT2D eigenvalue weighted by Crippen LogP contribution is 2.63. The van der Waals surface area contributed by atoms with Crippen LogP contribution in [0.5, 0.6) is 0 Å². The molecule has 8 aromatic carbocycles. The van der Waals surface area contributed by atoms with Crippen LogP contribution in [0.1, 0.15) is 22.3 Å². The van der Waals surface area contributed by atoms with Crippen LogP contribution in [0.2, 0.25) is 0 Å². The lowest BCUT2D eigenvalue weighted by Gasteiger charge is -2.39. The molecule has 0 unspecified atom stereocenters. The van der Waals surface area contributed by atoms with Gasteiger partial charge in [0.05, 0.1) is 39.0 Å². The van der Waals surface area contributed by atoms with E-state index in [0.29, 0.717) is 0 Å². The molecular formula is C56H33N3S. The molecule has 1 aliphatic carbocycles. The Morgan fingerprint density at radius 3 is 1.60 bits per heavy atom. The fourth-order valence-corrected chi connectivity index (χ4v) is 11.2. The van der Waals surface area contributed by atoms with Gasteiger partial charge in [-0.1, -0.05) is 163 Å². The molecule has 11 aromatic rings. The fourth-order valence-electron chi connectivity index (χ4n) is 10.0. The van der Waals surface area contributed by atoms with Crippen LogP contribution in [0.15, 0.2) is 210 Å². The molecule has 1 spiro atoms. The number of hydrogen-bond acceptors (Lipinski definition) is 4. The second-order valence-corrected chi connectivity index (χ2v) is 16.9. The molecule has 0 amide bonds. The summed E-state index contributed by atoms with van der Waals surface area (Å²) in [6.45, 7) is 0. The maximum atomic E-state index is 5.46. The molecule has 0 saturated carbocycles. The standard InChI is InChI=1S/C56H33N3S/c1-3-13-34(14-4-1)48-28-25-36-23-24-37-26-29-49(58-55(37)54(36)57-48)38-27-30-50-42(31-38)40-33-47-41(32-43(40)53(59-50)35-15-5-2-6-16-35)39-17-7-8-18-44(39)56(47)45-19-9-11-21-51(45)60-52-22-12-10-20-46(52)56/h1-33H. The molecule has 278 valence electrons.